The number of carbonyl (C=O) groups excluding carboxylic acids is 1. The number of methoxy groups -OCH3 is 1. The summed E-state index contributed by atoms with van der Waals surface area (Å²) in [6.45, 7) is 0.119. The quantitative estimate of drug-likeness (QED) is 0.800. The number of rotatable bonds is 7. The van der Waals surface area contributed by atoms with E-state index in [9.17, 15) is 14.7 Å². The highest BCUT2D eigenvalue weighted by molar-refractivity contribution is 5.86. The van der Waals surface area contributed by atoms with Gasteiger partial charge in [-0.1, -0.05) is 30.3 Å². The summed E-state index contributed by atoms with van der Waals surface area (Å²) >= 11 is 0. The molecule has 21 heavy (non-hydrogen) atoms. The van der Waals surface area contributed by atoms with E-state index in [1.165, 1.54) is 7.11 Å². The Hall–Kier alpha value is -1.88. The third-order valence-corrected chi connectivity index (χ3v) is 4.15. The lowest BCUT2D eigenvalue weighted by Crippen LogP contribution is -2.54. The molecular formula is C16H21NO4. The van der Waals surface area contributed by atoms with Crippen molar-refractivity contribution >= 4 is 11.9 Å². The van der Waals surface area contributed by atoms with Gasteiger partial charge < -0.3 is 15.2 Å². The summed E-state index contributed by atoms with van der Waals surface area (Å²) < 4.78 is 5.29. The van der Waals surface area contributed by atoms with Crippen molar-refractivity contribution in [1.29, 1.82) is 0 Å². The second-order valence-electron chi connectivity index (χ2n) is 5.49. The largest absolute Gasteiger partial charge is 0.481 e. The van der Waals surface area contributed by atoms with Crippen LogP contribution in [0.4, 0.5) is 0 Å². The number of aliphatic carboxylic acids is 1. The van der Waals surface area contributed by atoms with Crippen LogP contribution in [-0.2, 0) is 20.7 Å². The SMILES string of the molecule is COC1(C(=O)NCC(Cc2ccccc2)C(=O)O)CCC1. The van der Waals surface area contributed by atoms with Crippen LogP contribution in [0.1, 0.15) is 24.8 Å². The smallest absolute Gasteiger partial charge is 0.308 e. The monoisotopic (exact) mass is 291 g/mol. The first-order valence-electron chi connectivity index (χ1n) is 7.17. The van der Waals surface area contributed by atoms with Crippen LogP contribution in [0.2, 0.25) is 0 Å². The topological polar surface area (TPSA) is 75.6 Å². The van der Waals surface area contributed by atoms with E-state index in [-0.39, 0.29) is 12.5 Å². The van der Waals surface area contributed by atoms with Crippen molar-refractivity contribution < 1.29 is 19.4 Å². The molecule has 5 nitrogen and oxygen atoms in total. The fourth-order valence-corrected chi connectivity index (χ4v) is 2.54. The van der Waals surface area contributed by atoms with Crippen molar-refractivity contribution in [2.24, 2.45) is 5.92 Å². The molecule has 0 spiro atoms. The van der Waals surface area contributed by atoms with Gasteiger partial charge in [0.25, 0.3) is 5.91 Å². The fourth-order valence-electron chi connectivity index (χ4n) is 2.54. The van der Waals surface area contributed by atoms with Crippen LogP contribution in [0.5, 0.6) is 0 Å². The van der Waals surface area contributed by atoms with Crippen molar-refractivity contribution in [2.45, 2.75) is 31.3 Å². The lowest BCUT2D eigenvalue weighted by molar-refractivity contribution is -0.154. The molecule has 2 rings (SSSR count). The third kappa shape index (κ3) is 3.61. The Morgan fingerprint density at radius 1 is 1.33 bits per heavy atom. The maximum atomic E-state index is 12.1. The number of benzene rings is 1. The van der Waals surface area contributed by atoms with Gasteiger partial charge in [0, 0.05) is 13.7 Å². The fraction of sp³-hybridized carbons (Fsp3) is 0.500. The summed E-state index contributed by atoms with van der Waals surface area (Å²) in [5.74, 6) is -1.74. The lowest BCUT2D eigenvalue weighted by Gasteiger charge is -2.38. The first-order chi connectivity index (χ1) is 10.1. The second-order valence-corrected chi connectivity index (χ2v) is 5.49. The standard InChI is InChI=1S/C16H21NO4/c1-21-16(8-5-9-16)15(20)17-11-13(14(18)19)10-12-6-3-2-4-7-12/h2-4,6-7,13H,5,8-11H2,1H3,(H,17,20)(H,18,19). The van der Waals surface area contributed by atoms with Crippen LogP contribution in [0.3, 0.4) is 0 Å². The number of carboxylic acids is 1. The molecule has 2 N–H and O–H groups in total. The summed E-state index contributed by atoms with van der Waals surface area (Å²) in [6.07, 6.45) is 2.77. The molecule has 0 aliphatic heterocycles. The van der Waals surface area contributed by atoms with Crippen molar-refractivity contribution in [1.82, 2.24) is 5.32 Å². The second kappa shape index (κ2) is 6.72. The van der Waals surface area contributed by atoms with Crippen molar-refractivity contribution in [3.8, 4) is 0 Å². The van der Waals surface area contributed by atoms with E-state index < -0.39 is 17.5 Å². The summed E-state index contributed by atoms with van der Waals surface area (Å²) in [5.41, 5.74) is 0.208. The van der Waals surface area contributed by atoms with Gasteiger partial charge in [-0.3, -0.25) is 9.59 Å². The first kappa shape index (κ1) is 15.5. The van der Waals surface area contributed by atoms with Gasteiger partial charge in [0.2, 0.25) is 0 Å². The van der Waals surface area contributed by atoms with E-state index >= 15 is 0 Å². The molecule has 1 aliphatic rings. The number of hydrogen-bond donors (Lipinski definition) is 2. The van der Waals surface area contributed by atoms with E-state index in [2.05, 4.69) is 5.32 Å². The van der Waals surface area contributed by atoms with Gasteiger partial charge in [-0.05, 0) is 31.2 Å². The first-order valence-corrected chi connectivity index (χ1v) is 7.17. The Morgan fingerprint density at radius 2 is 2.00 bits per heavy atom. The maximum absolute atomic E-state index is 12.1. The highest BCUT2D eigenvalue weighted by Gasteiger charge is 2.44. The summed E-state index contributed by atoms with van der Waals surface area (Å²) in [5, 5.41) is 12.0. The molecule has 1 amide bonds. The molecular weight excluding hydrogens is 270 g/mol. The van der Waals surface area contributed by atoms with Crippen molar-refractivity contribution in [2.75, 3.05) is 13.7 Å². The van der Waals surface area contributed by atoms with Gasteiger partial charge in [0.1, 0.15) is 5.60 Å². The number of ether oxygens (including phenoxy) is 1. The van der Waals surface area contributed by atoms with E-state index in [4.69, 9.17) is 4.74 Å². The summed E-state index contributed by atoms with van der Waals surface area (Å²) in [6, 6.07) is 9.42. The zero-order chi connectivity index (χ0) is 15.3. The van der Waals surface area contributed by atoms with Gasteiger partial charge >= 0.3 is 5.97 Å². The van der Waals surface area contributed by atoms with Gasteiger partial charge in [0.05, 0.1) is 5.92 Å². The third-order valence-electron chi connectivity index (χ3n) is 4.15. The Balaban J connectivity index is 1.91. The van der Waals surface area contributed by atoms with Crippen molar-refractivity contribution in [3.63, 3.8) is 0 Å². The van der Waals surface area contributed by atoms with E-state index in [0.717, 1.165) is 12.0 Å². The van der Waals surface area contributed by atoms with Gasteiger partial charge in [-0.2, -0.15) is 0 Å². The zero-order valence-corrected chi connectivity index (χ0v) is 12.2. The van der Waals surface area contributed by atoms with E-state index in [1.54, 1.807) is 0 Å². The van der Waals surface area contributed by atoms with Gasteiger partial charge in [0.15, 0.2) is 0 Å². The molecule has 5 heteroatoms. The minimum Gasteiger partial charge on any atom is -0.481 e. The van der Waals surface area contributed by atoms with Crippen LogP contribution < -0.4 is 5.32 Å². The molecule has 1 saturated carbocycles. The van der Waals surface area contributed by atoms with Crippen LogP contribution in [0.25, 0.3) is 0 Å². The van der Waals surface area contributed by atoms with Crippen LogP contribution in [0.15, 0.2) is 30.3 Å². The number of nitrogens with one attached hydrogen (secondary N) is 1. The Morgan fingerprint density at radius 3 is 2.48 bits per heavy atom. The molecule has 1 fully saturated rings. The zero-order valence-electron chi connectivity index (χ0n) is 12.2. The Kier molecular flexibility index (Phi) is 4.96. The summed E-state index contributed by atoms with van der Waals surface area (Å²) in [4.78, 5) is 23.5. The van der Waals surface area contributed by atoms with Crippen LogP contribution in [0, 0.1) is 5.92 Å². The number of amides is 1. The van der Waals surface area contributed by atoms with Gasteiger partial charge in [-0.25, -0.2) is 0 Å². The highest BCUT2D eigenvalue weighted by Crippen LogP contribution is 2.35. The molecule has 114 valence electrons. The summed E-state index contributed by atoms with van der Waals surface area (Å²) in [7, 11) is 1.53. The predicted octanol–water partition coefficient (Wildman–Crippen LogP) is 1.62. The predicted molar refractivity (Wildman–Crippen MR) is 77.9 cm³/mol. The number of carboxylic acid groups (broad SMARTS) is 1. The molecule has 1 aromatic rings. The molecule has 0 radical (unpaired) electrons. The normalized spacial score (nSPS) is 17.6. The molecule has 0 bridgehead atoms. The van der Waals surface area contributed by atoms with Gasteiger partial charge in [-0.15, -0.1) is 0 Å². The molecule has 1 aromatic carbocycles. The molecule has 0 heterocycles. The Labute approximate surface area is 124 Å². The Bertz CT molecular complexity index is 491. The maximum Gasteiger partial charge on any atom is 0.308 e. The number of carbonyl (C=O) groups is 2. The minimum atomic E-state index is -0.903. The minimum absolute atomic E-state index is 0.119. The average molecular weight is 291 g/mol. The molecule has 1 unspecified atom stereocenters. The lowest BCUT2D eigenvalue weighted by atomic mass is 9.79. The van der Waals surface area contributed by atoms with Crippen LogP contribution in [-0.4, -0.2) is 36.2 Å². The molecule has 0 aromatic heterocycles. The number of hydrogen-bond acceptors (Lipinski definition) is 3. The average Bonchev–Trinajstić information content (AvgIpc) is 2.43. The van der Waals surface area contributed by atoms with Crippen LogP contribution >= 0.6 is 0 Å². The van der Waals surface area contributed by atoms with Crippen molar-refractivity contribution in [3.05, 3.63) is 35.9 Å². The van der Waals surface area contributed by atoms with E-state index in [0.29, 0.717) is 19.3 Å². The van der Waals surface area contributed by atoms with E-state index in [1.807, 2.05) is 30.3 Å². The molecule has 1 atom stereocenters. The molecule has 1 aliphatic carbocycles. The highest BCUT2D eigenvalue weighted by atomic mass is 16.5. The molecule has 0 saturated heterocycles.